The Balaban J connectivity index is 1.65. The molecule has 156 valence electrons. The Kier molecular flexibility index (Phi) is 6.05. The van der Waals surface area contributed by atoms with Gasteiger partial charge in [0, 0.05) is 6.07 Å². The molecule has 0 unspecified atom stereocenters. The van der Waals surface area contributed by atoms with Crippen molar-refractivity contribution in [1.82, 2.24) is 0 Å². The number of amides is 1. The molecule has 1 N–H and O–H groups in total. The second kappa shape index (κ2) is 8.68. The van der Waals surface area contributed by atoms with E-state index in [1.807, 2.05) is 0 Å². The van der Waals surface area contributed by atoms with Gasteiger partial charge >= 0.3 is 5.97 Å². The zero-order chi connectivity index (χ0) is 21.8. The normalized spacial score (nSPS) is 10.6. The summed E-state index contributed by atoms with van der Waals surface area (Å²) in [6.45, 7) is -0.109. The first kappa shape index (κ1) is 20.9. The fraction of sp³-hybridized carbons (Fsp3) is 0.100. The summed E-state index contributed by atoms with van der Waals surface area (Å²) in [4.78, 5) is 23.5. The van der Waals surface area contributed by atoms with E-state index in [1.165, 1.54) is 43.5 Å². The van der Waals surface area contributed by atoms with Gasteiger partial charge in [0.25, 0.3) is 5.91 Å². The number of nitrogens with one attached hydrogen (secondary N) is 1. The number of rotatable bonds is 6. The highest BCUT2D eigenvalue weighted by molar-refractivity contribution is 6.02. The van der Waals surface area contributed by atoms with Crippen LogP contribution in [0.1, 0.15) is 26.7 Å². The minimum atomic E-state index is -1.74. The predicted octanol–water partition coefficient (Wildman–Crippen LogP) is 4.45. The van der Waals surface area contributed by atoms with Crippen LogP contribution in [0.5, 0.6) is 5.75 Å². The molecule has 0 fully saturated rings. The topological polar surface area (TPSA) is 77.8 Å². The average molecular weight is 423 g/mol. The number of carbonyl (C=O) groups excluding carboxylic acids is 2. The van der Waals surface area contributed by atoms with E-state index in [4.69, 9.17) is 9.15 Å². The van der Waals surface area contributed by atoms with Crippen molar-refractivity contribution in [2.45, 2.75) is 6.61 Å². The Bertz CT molecular complexity index is 1070. The number of halogens is 4. The smallest absolute Gasteiger partial charge is 0.337 e. The van der Waals surface area contributed by atoms with Gasteiger partial charge in [0.15, 0.2) is 29.0 Å². The number of carbonyl (C=O) groups is 2. The van der Waals surface area contributed by atoms with Gasteiger partial charge in [0.2, 0.25) is 0 Å². The Hall–Kier alpha value is -3.82. The van der Waals surface area contributed by atoms with Crippen molar-refractivity contribution < 1.29 is 41.0 Å². The first-order chi connectivity index (χ1) is 14.3. The standard InChI is InChI=1S/C20H13F4NO5/c1-28-20(27)10-2-4-11(5-3-10)29-9-12-6-7-15(30-12)19(26)25-18-16(23)13(21)8-14(22)17(18)24/h2-8H,9H2,1H3,(H,25,26). The van der Waals surface area contributed by atoms with Crippen LogP contribution in [-0.4, -0.2) is 19.0 Å². The molecular weight excluding hydrogens is 410 g/mol. The maximum atomic E-state index is 13.7. The van der Waals surface area contributed by atoms with Crippen molar-refractivity contribution in [1.29, 1.82) is 0 Å². The molecule has 0 radical (unpaired) electrons. The number of hydrogen-bond donors (Lipinski definition) is 1. The van der Waals surface area contributed by atoms with E-state index in [9.17, 15) is 27.2 Å². The molecular formula is C20H13F4NO5. The molecule has 0 atom stereocenters. The molecule has 3 rings (SSSR count). The number of ether oxygens (including phenoxy) is 2. The molecule has 30 heavy (non-hydrogen) atoms. The van der Waals surface area contributed by atoms with Gasteiger partial charge < -0.3 is 19.2 Å². The van der Waals surface area contributed by atoms with E-state index in [0.717, 1.165) is 0 Å². The summed E-state index contributed by atoms with van der Waals surface area (Å²) in [6.07, 6.45) is 0. The molecule has 0 aliphatic heterocycles. The fourth-order valence-electron chi connectivity index (χ4n) is 2.40. The van der Waals surface area contributed by atoms with Crippen LogP contribution in [0.15, 0.2) is 46.9 Å². The van der Waals surface area contributed by atoms with E-state index >= 15 is 0 Å². The summed E-state index contributed by atoms with van der Waals surface area (Å²) in [5.41, 5.74) is -0.938. The van der Waals surface area contributed by atoms with Crippen LogP contribution in [0.2, 0.25) is 0 Å². The van der Waals surface area contributed by atoms with Gasteiger partial charge in [0.1, 0.15) is 23.8 Å². The Morgan fingerprint density at radius 3 is 2.20 bits per heavy atom. The highest BCUT2D eigenvalue weighted by Gasteiger charge is 2.22. The molecule has 0 aliphatic carbocycles. The number of anilines is 1. The zero-order valence-corrected chi connectivity index (χ0v) is 15.3. The number of hydrogen-bond acceptors (Lipinski definition) is 5. The molecule has 0 bridgehead atoms. The third-order valence-electron chi connectivity index (χ3n) is 3.89. The second-order valence-corrected chi connectivity index (χ2v) is 5.87. The van der Waals surface area contributed by atoms with Crippen molar-refractivity contribution in [3.05, 3.63) is 82.8 Å². The summed E-state index contributed by atoms with van der Waals surface area (Å²) in [6, 6.07) is 8.61. The SMILES string of the molecule is COC(=O)c1ccc(OCc2ccc(C(=O)Nc3c(F)c(F)cc(F)c3F)o2)cc1. The number of methoxy groups -OCH3 is 1. The van der Waals surface area contributed by atoms with Crippen LogP contribution < -0.4 is 10.1 Å². The molecule has 6 nitrogen and oxygen atoms in total. The van der Waals surface area contributed by atoms with Crippen molar-refractivity contribution in [3.8, 4) is 5.75 Å². The lowest BCUT2D eigenvalue weighted by Crippen LogP contribution is -2.15. The lowest BCUT2D eigenvalue weighted by molar-refractivity contribution is 0.0600. The third kappa shape index (κ3) is 4.43. The summed E-state index contributed by atoms with van der Waals surface area (Å²) in [5, 5.41) is 1.74. The zero-order valence-electron chi connectivity index (χ0n) is 15.3. The first-order valence-electron chi connectivity index (χ1n) is 8.34. The highest BCUT2D eigenvalue weighted by atomic mass is 19.2. The molecule has 2 aromatic carbocycles. The van der Waals surface area contributed by atoms with Crippen LogP contribution in [-0.2, 0) is 11.3 Å². The summed E-state index contributed by atoms with van der Waals surface area (Å²) in [5.74, 6) is -8.21. The Morgan fingerprint density at radius 2 is 1.60 bits per heavy atom. The number of esters is 1. The largest absolute Gasteiger partial charge is 0.486 e. The van der Waals surface area contributed by atoms with Gasteiger partial charge in [0.05, 0.1) is 12.7 Å². The number of benzene rings is 2. The molecule has 0 saturated carbocycles. The minimum Gasteiger partial charge on any atom is -0.486 e. The van der Waals surface area contributed by atoms with Crippen molar-refractivity contribution in [2.75, 3.05) is 12.4 Å². The van der Waals surface area contributed by atoms with Gasteiger partial charge in [-0.3, -0.25) is 4.79 Å². The monoisotopic (exact) mass is 423 g/mol. The van der Waals surface area contributed by atoms with Crippen LogP contribution in [0.4, 0.5) is 23.2 Å². The Morgan fingerprint density at radius 1 is 0.967 bits per heavy atom. The summed E-state index contributed by atoms with van der Waals surface area (Å²) >= 11 is 0. The van der Waals surface area contributed by atoms with Gasteiger partial charge in [-0.1, -0.05) is 0 Å². The Labute approximate surface area is 167 Å². The maximum absolute atomic E-state index is 13.7. The van der Waals surface area contributed by atoms with Crippen LogP contribution in [0.3, 0.4) is 0 Å². The maximum Gasteiger partial charge on any atom is 0.337 e. The lowest BCUT2D eigenvalue weighted by atomic mass is 10.2. The third-order valence-corrected chi connectivity index (χ3v) is 3.89. The highest BCUT2D eigenvalue weighted by Crippen LogP contribution is 2.25. The van der Waals surface area contributed by atoms with Crippen molar-refractivity contribution >= 4 is 17.6 Å². The van der Waals surface area contributed by atoms with Crippen LogP contribution >= 0.6 is 0 Å². The molecule has 10 heteroatoms. The van der Waals surface area contributed by atoms with Crippen molar-refractivity contribution in [3.63, 3.8) is 0 Å². The summed E-state index contributed by atoms with van der Waals surface area (Å²) < 4.78 is 69.0. The molecule has 0 saturated heterocycles. The van der Waals surface area contributed by atoms with Crippen LogP contribution in [0, 0.1) is 23.3 Å². The van der Waals surface area contributed by atoms with Gasteiger partial charge in [-0.15, -0.1) is 0 Å². The molecule has 0 aliphatic rings. The minimum absolute atomic E-state index is 0.0281. The second-order valence-electron chi connectivity index (χ2n) is 5.87. The fourth-order valence-corrected chi connectivity index (χ4v) is 2.40. The van der Waals surface area contributed by atoms with Gasteiger partial charge in [-0.2, -0.15) is 0 Å². The molecule has 1 amide bonds. The van der Waals surface area contributed by atoms with E-state index in [1.54, 1.807) is 5.32 Å². The number of furan rings is 1. The molecule has 1 heterocycles. The van der Waals surface area contributed by atoms with E-state index in [-0.39, 0.29) is 24.2 Å². The molecule has 0 spiro atoms. The van der Waals surface area contributed by atoms with E-state index in [2.05, 4.69) is 4.74 Å². The lowest BCUT2D eigenvalue weighted by Gasteiger charge is -2.08. The average Bonchev–Trinajstić information content (AvgIpc) is 3.23. The van der Waals surface area contributed by atoms with Gasteiger partial charge in [-0.25, -0.2) is 22.4 Å². The quantitative estimate of drug-likeness (QED) is 0.360. The van der Waals surface area contributed by atoms with Gasteiger partial charge in [-0.05, 0) is 36.4 Å². The van der Waals surface area contributed by atoms with E-state index in [0.29, 0.717) is 11.3 Å². The van der Waals surface area contributed by atoms with Crippen LogP contribution in [0.25, 0.3) is 0 Å². The molecule has 3 aromatic rings. The first-order valence-corrected chi connectivity index (χ1v) is 8.34. The predicted molar refractivity (Wildman–Crippen MR) is 95.0 cm³/mol. The van der Waals surface area contributed by atoms with E-state index < -0.39 is 40.8 Å². The van der Waals surface area contributed by atoms with Crippen molar-refractivity contribution in [2.24, 2.45) is 0 Å². The molecule has 1 aromatic heterocycles. The summed E-state index contributed by atoms with van der Waals surface area (Å²) in [7, 11) is 1.25.